The average molecular weight is 287 g/mol. The zero-order valence-corrected chi connectivity index (χ0v) is 10.4. The quantitative estimate of drug-likeness (QED) is 0.666. The molecule has 0 aliphatic heterocycles. The summed E-state index contributed by atoms with van der Waals surface area (Å²) in [4.78, 5) is -0.104. The zero-order valence-electron chi connectivity index (χ0n) is 9.58. The van der Waals surface area contributed by atoms with Gasteiger partial charge in [-0.25, -0.2) is 0 Å². The van der Waals surface area contributed by atoms with Crippen LogP contribution < -0.4 is 5.32 Å². The summed E-state index contributed by atoms with van der Waals surface area (Å²) in [6.45, 7) is 0.659. The number of rotatable bonds is 4. The molecular weight excluding hydrogens is 273 g/mol. The molecule has 0 aromatic heterocycles. The molecule has 0 fully saturated rings. The normalized spacial score (nSPS) is 10.6. The summed E-state index contributed by atoms with van der Waals surface area (Å²) in [6.07, 6.45) is 0. The summed E-state index contributed by atoms with van der Waals surface area (Å²) in [5.41, 5.74) is 1.93. The predicted octanol–water partition coefficient (Wildman–Crippen LogP) is 1.90. The van der Waals surface area contributed by atoms with Crippen LogP contribution in [-0.2, 0) is 16.7 Å². The fraction of sp³-hybridized carbons (Fsp3) is 0.0769. The number of anilines is 1. The summed E-state index contributed by atoms with van der Waals surface area (Å²) in [5.74, 6) is 0. The Morgan fingerprint density at radius 3 is 2.05 bits per heavy atom. The first-order valence-electron chi connectivity index (χ1n) is 5.41. The van der Waals surface area contributed by atoms with Crippen LogP contribution in [0.25, 0.3) is 0 Å². The molecule has 19 heavy (non-hydrogen) atoms. The van der Waals surface area contributed by atoms with E-state index >= 15 is 0 Å². The first-order chi connectivity index (χ1) is 8.55. The Kier molecular flexibility index (Phi) is 6.03. The van der Waals surface area contributed by atoms with Crippen LogP contribution in [0.4, 0.5) is 5.69 Å². The molecule has 4 nitrogen and oxygen atoms in total. The summed E-state index contributed by atoms with van der Waals surface area (Å²) >= 11 is 0. The molecule has 2 N–H and O–H groups in total. The van der Waals surface area contributed by atoms with E-state index in [2.05, 4.69) is 5.32 Å². The van der Waals surface area contributed by atoms with Gasteiger partial charge in [0.05, 0.1) is 4.90 Å². The Bertz CT molecular complexity index is 612. The van der Waals surface area contributed by atoms with Gasteiger partial charge in [0.1, 0.15) is 0 Å². The minimum absolute atomic E-state index is 0. The van der Waals surface area contributed by atoms with E-state index < -0.39 is 10.1 Å². The van der Waals surface area contributed by atoms with Gasteiger partial charge in [-0.15, -0.1) is 0 Å². The second-order valence-corrected chi connectivity index (χ2v) is 5.26. The van der Waals surface area contributed by atoms with Crippen molar-refractivity contribution < 1.29 is 13.0 Å². The third-order valence-electron chi connectivity index (χ3n) is 2.49. The van der Waals surface area contributed by atoms with E-state index in [4.69, 9.17) is 4.55 Å². The molecule has 0 spiro atoms. The van der Waals surface area contributed by atoms with Crippen LogP contribution in [0, 0.1) is 0 Å². The summed E-state index contributed by atoms with van der Waals surface area (Å²) in [6, 6.07) is 15.8. The van der Waals surface area contributed by atoms with E-state index in [9.17, 15) is 8.42 Å². The Hall–Kier alpha value is -0.850. The maximum atomic E-state index is 10.9. The SMILES string of the molecule is O=S(=O)(O)c1ccc(NCc2ccccc2)cc1.[NaH]. The first-order valence-corrected chi connectivity index (χ1v) is 6.85. The van der Waals surface area contributed by atoms with E-state index in [1.165, 1.54) is 12.1 Å². The summed E-state index contributed by atoms with van der Waals surface area (Å²) in [5, 5.41) is 3.16. The second kappa shape index (κ2) is 7.07. The number of hydrogen-bond acceptors (Lipinski definition) is 3. The Morgan fingerprint density at radius 1 is 0.947 bits per heavy atom. The standard InChI is InChI=1S/C13H13NO3S.Na.H/c15-18(16,17)13-8-6-12(7-9-13)14-10-11-4-2-1-3-5-11;;/h1-9,14H,10H2,(H,15,16,17);;. The van der Waals surface area contributed by atoms with Crippen LogP contribution in [-0.4, -0.2) is 42.5 Å². The van der Waals surface area contributed by atoms with Crippen molar-refractivity contribution in [1.82, 2.24) is 0 Å². The van der Waals surface area contributed by atoms with E-state index in [0.29, 0.717) is 6.54 Å². The third kappa shape index (κ3) is 4.97. The molecule has 0 atom stereocenters. The molecule has 0 aliphatic rings. The minimum atomic E-state index is -4.11. The maximum absolute atomic E-state index is 10.9. The second-order valence-electron chi connectivity index (χ2n) is 3.84. The number of hydrogen-bond donors (Lipinski definition) is 2. The fourth-order valence-electron chi connectivity index (χ4n) is 1.54. The van der Waals surface area contributed by atoms with Gasteiger partial charge in [0.2, 0.25) is 0 Å². The molecule has 0 unspecified atom stereocenters. The van der Waals surface area contributed by atoms with Crippen molar-refractivity contribution in [2.24, 2.45) is 0 Å². The molecule has 0 saturated heterocycles. The van der Waals surface area contributed by atoms with Gasteiger partial charge in [-0.3, -0.25) is 4.55 Å². The average Bonchev–Trinajstić information content (AvgIpc) is 2.37. The fourth-order valence-corrected chi connectivity index (χ4v) is 2.02. The Balaban J connectivity index is 0.00000180. The van der Waals surface area contributed by atoms with E-state index in [1.807, 2.05) is 30.3 Å². The number of nitrogens with one attached hydrogen (secondary N) is 1. The Labute approximate surface area is 134 Å². The molecule has 0 bridgehead atoms. The van der Waals surface area contributed by atoms with E-state index in [-0.39, 0.29) is 34.5 Å². The molecule has 0 amide bonds. The topological polar surface area (TPSA) is 66.4 Å². The van der Waals surface area contributed by atoms with Crippen molar-refractivity contribution in [2.75, 3.05) is 5.32 Å². The van der Waals surface area contributed by atoms with Gasteiger partial charge in [-0.1, -0.05) is 30.3 Å². The first kappa shape index (κ1) is 16.2. The van der Waals surface area contributed by atoms with Crippen molar-refractivity contribution in [1.29, 1.82) is 0 Å². The van der Waals surface area contributed by atoms with Gasteiger partial charge in [-0.2, -0.15) is 8.42 Å². The van der Waals surface area contributed by atoms with Gasteiger partial charge in [-0.05, 0) is 29.8 Å². The molecule has 0 saturated carbocycles. The zero-order chi connectivity index (χ0) is 13.0. The van der Waals surface area contributed by atoms with Gasteiger partial charge in [0, 0.05) is 12.2 Å². The van der Waals surface area contributed by atoms with Crippen LogP contribution in [0.3, 0.4) is 0 Å². The van der Waals surface area contributed by atoms with Crippen LogP contribution in [0.2, 0.25) is 0 Å². The summed E-state index contributed by atoms with van der Waals surface area (Å²) < 4.78 is 30.6. The molecule has 0 radical (unpaired) electrons. The van der Waals surface area contributed by atoms with Crippen LogP contribution in [0.5, 0.6) is 0 Å². The van der Waals surface area contributed by atoms with Crippen LogP contribution in [0.15, 0.2) is 59.5 Å². The molecule has 6 heteroatoms. The van der Waals surface area contributed by atoms with Crippen LogP contribution >= 0.6 is 0 Å². The van der Waals surface area contributed by atoms with E-state index in [1.54, 1.807) is 12.1 Å². The van der Waals surface area contributed by atoms with Crippen molar-refractivity contribution >= 4 is 45.4 Å². The molecule has 0 heterocycles. The van der Waals surface area contributed by atoms with Crippen molar-refractivity contribution in [2.45, 2.75) is 11.4 Å². The monoisotopic (exact) mass is 287 g/mol. The molecular formula is C13H14NNaO3S. The van der Waals surface area contributed by atoms with Gasteiger partial charge >= 0.3 is 29.6 Å². The number of benzene rings is 2. The van der Waals surface area contributed by atoms with Crippen molar-refractivity contribution in [3.63, 3.8) is 0 Å². The molecule has 2 aromatic carbocycles. The molecule has 96 valence electrons. The predicted molar refractivity (Wildman–Crippen MR) is 77.2 cm³/mol. The molecule has 2 rings (SSSR count). The molecule has 0 aliphatic carbocycles. The van der Waals surface area contributed by atoms with Crippen molar-refractivity contribution in [3.8, 4) is 0 Å². The van der Waals surface area contributed by atoms with Crippen molar-refractivity contribution in [3.05, 3.63) is 60.2 Å². The van der Waals surface area contributed by atoms with Gasteiger partial charge in [0.25, 0.3) is 10.1 Å². The Morgan fingerprint density at radius 2 is 1.53 bits per heavy atom. The third-order valence-corrected chi connectivity index (χ3v) is 3.36. The molecule has 2 aromatic rings. The van der Waals surface area contributed by atoms with Crippen LogP contribution in [0.1, 0.15) is 5.56 Å². The van der Waals surface area contributed by atoms with Gasteiger partial charge in [0.15, 0.2) is 0 Å². The van der Waals surface area contributed by atoms with Gasteiger partial charge < -0.3 is 5.32 Å². The summed E-state index contributed by atoms with van der Waals surface area (Å²) in [7, 11) is -4.11. The van der Waals surface area contributed by atoms with E-state index in [0.717, 1.165) is 11.3 Å².